The summed E-state index contributed by atoms with van der Waals surface area (Å²) in [5, 5.41) is 2.61. The summed E-state index contributed by atoms with van der Waals surface area (Å²) in [5.74, 6) is -0.332. The number of ether oxygens (including phenoxy) is 2. The third kappa shape index (κ3) is 3.36. The molecule has 0 unspecified atom stereocenters. The molecule has 1 aromatic carbocycles. The van der Waals surface area contributed by atoms with Crippen molar-refractivity contribution in [3.8, 4) is 0 Å². The molecule has 1 aliphatic carbocycles. The fourth-order valence-electron chi connectivity index (χ4n) is 3.12. The Morgan fingerprint density at radius 1 is 1.46 bits per heavy atom. The highest BCUT2D eigenvalue weighted by molar-refractivity contribution is 5.89. The molecule has 2 amide bonds. The van der Waals surface area contributed by atoms with Gasteiger partial charge in [0, 0.05) is 14.0 Å². The molecular formula is C17H21FN2O4. The van der Waals surface area contributed by atoms with E-state index in [-0.39, 0.29) is 36.8 Å². The number of hydrogen-bond donors (Lipinski definition) is 1. The molecule has 6 nitrogen and oxygen atoms in total. The molecule has 24 heavy (non-hydrogen) atoms. The molecule has 0 aromatic heterocycles. The first kappa shape index (κ1) is 16.7. The first-order valence-corrected chi connectivity index (χ1v) is 8.02. The van der Waals surface area contributed by atoms with Gasteiger partial charge in [0.2, 0.25) is 5.91 Å². The van der Waals surface area contributed by atoms with Crippen molar-refractivity contribution in [1.82, 2.24) is 5.32 Å². The van der Waals surface area contributed by atoms with Crippen LogP contribution in [0, 0.1) is 5.82 Å². The van der Waals surface area contributed by atoms with Gasteiger partial charge in [0.05, 0.1) is 24.9 Å². The zero-order chi connectivity index (χ0) is 17.3. The number of carbonyl (C=O) groups is 2. The quantitative estimate of drug-likeness (QED) is 0.895. The number of cyclic esters (lactones) is 1. The Bertz CT molecular complexity index is 645. The maximum Gasteiger partial charge on any atom is 0.414 e. The van der Waals surface area contributed by atoms with E-state index >= 15 is 0 Å². The molecule has 0 radical (unpaired) electrons. The van der Waals surface area contributed by atoms with E-state index in [0.717, 1.165) is 12.8 Å². The number of benzene rings is 1. The summed E-state index contributed by atoms with van der Waals surface area (Å²) in [7, 11) is 1.66. The number of rotatable bonds is 5. The van der Waals surface area contributed by atoms with E-state index in [2.05, 4.69) is 5.32 Å². The predicted octanol–water partition coefficient (Wildman–Crippen LogP) is 2.18. The van der Waals surface area contributed by atoms with Crippen LogP contribution in [0.4, 0.5) is 14.9 Å². The van der Waals surface area contributed by atoms with Gasteiger partial charge in [-0.25, -0.2) is 9.18 Å². The second-order valence-electron chi connectivity index (χ2n) is 6.29. The fraction of sp³-hybridized carbons (Fsp3) is 0.529. The normalized spacial score (nSPS) is 26.0. The molecular weight excluding hydrogens is 315 g/mol. The van der Waals surface area contributed by atoms with Crippen molar-refractivity contribution in [1.29, 1.82) is 0 Å². The fourth-order valence-corrected chi connectivity index (χ4v) is 3.12. The minimum absolute atomic E-state index is 0.169. The second-order valence-corrected chi connectivity index (χ2v) is 6.29. The van der Waals surface area contributed by atoms with E-state index in [1.54, 1.807) is 19.2 Å². The van der Waals surface area contributed by atoms with E-state index in [1.165, 1.54) is 17.9 Å². The second kappa shape index (κ2) is 6.76. The Labute approximate surface area is 139 Å². The number of methoxy groups -OCH3 is 1. The van der Waals surface area contributed by atoms with Gasteiger partial charge in [0.15, 0.2) is 0 Å². The summed E-state index contributed by atoms with van der Waals surface area (Å²) >= 11 is 0. The van der Waals surface area contributed by atoms with E-state index in [1.807, 2.05) is 0 Å². The van der Waals surface area contributed by atoms with Gasteiger partial charge in [-0.1, -0.05) is 6.07 Å². The monoisotopic (exact) mass is 336 g/mol. The molecule has 1 atom stereocenters. The summed E-state index contributed by atoms with van der Waals surface area (Å²) in [5.41, 5.74) is 1.13. The van der Waals surface area contributed by atoms with Gasteiger partial charge >= 0.3 is 6.09 Å². The zero-order valence-corrected chi connectivity index (χ0v) is 13.8. The van der Waals surface area contributed by atoms with Gasteiger partial charge in [-0.2, -0.15) is 0 Å². The smallest absolute Gasteiger partial charge is 0.414 e. The summed E-state index contributed by atoms with van der Waals surface area (Å²) in [6.45, 7) is 1.93. The van der Waals surface area contributed by atoms with Crippen LogP contribution in [-0.4, -0.2) is 44.4 Å². The number of nitrogens with one attached hydrogen (secondary N) is 1. The minimum atomic E-state index is -0.527. The van der Waals surface area contributed by atoms with Gasteiger partial charge in [0.25, 0.3) is 0 Å². The summed E-state index contributed by atoms with van der Waals surface area (Å²) in [6, 6.07) is 4.84. The Hall–Kier alpha value is -2.15. The first-order valence-electron chi connectivity index (χ1n) is 8.02. The number of halogens is 1. The van der Waals surface area contributed by atoms with Gasteiger partial charge in [-0.05, 0) is 36.5 Å². The van der Waals surface area contributed by atoms with Crippen LogP contribution in [0.25, 0.3) is 0 Å². The largest absolute Gasteiger partial charge is 0.442 e. The molecule has 1 heterocycles. The standard InChI is InChI=1S/C17H21FN2O4/c1-10(21)19-8-14-9-20(17(22)24-14)12-3-4-15(16(18)7-12)11-5-13(6-11)23-2/h3-4,7,11,13-14H,5-6,8-9H2,1-2H3,(H,19,21)/t11?,13?,14-/m0/s1. The molecule has 2 fully saturated rings. The lowest BCUT2D eigenvalue weighted by molar-refractivity contribution is -0.119. The molecule has 1 aliphatic heterocycles. The van der Waals surface area contributed by atoms with Crippen molar-refractivity contribution >= 4 is 17.7 Å². The highest BCUT2D eigenvalue weighted by Gasteiger charge is 2.35. The van der Waals surface area contributed by atoms with E-state index in [4.69, 9.17) is 9.47 Å². The van der Waals surface area contributed by atoms with Crippen LogP contribution in [0.2, 0.25) is 0 Å². The number of anilines is 1. The van der Waals surface area contributed by atoms with Crippen LogP contribution < -0.4 is 10.2 Å². The maximum absolute atomic E-state index is 14.4. The average molecular weight is 336 g/mol. The lowest BCUT2D eigenvalue weighted by Crippen LogP contribution is -2.33. The first-order chi connectivity index (χ1) is 11.5. The zero-order valence-electron chi connectivity index (χ0n) is 13.8. The minimum Gasteiger partial charge on any atom is -0.442 e. The lowest BCUT2D eigenvalue weighted by Gasteiger charge is -2.34. The van der Waals surface area contributed by atoms with Gasteiger partial charge < -0.3 is 14.8 Å². The van der Waals surface area contributed by atoms with Crippen molar-refractivity contribution in [2.45, 2.75) is 37.9 Å². The number of amides is 2. The average Bonchev–Trinajstić information content (AvgIpc) is 2.86. The number of nitrogens with zero attached hydrogens (tertiary/aromatic N) is 1. The van der Waals surface area contributed by atoms with Crippen LogP contribution in [0.15, 0.2) is 18.2 Å². The van der Waals surface area contributed by atoms with Gasteiger partial charge in [0.1, 0.15) is 11.9 Å². The molecule has 130 valence electrons. The summed E-state index contributed by atoms with van der Waals surface area (Å²) < 4.78 is 24.8. The van der Waals surface area contributed by atoms with Crippen molar-refractivity contribution in [2.24, 2.45) is 0 Å². The van der Waals surface area contributed by atoms with Crippen molar-refractivity contribution in [2.75, 3.05) is 25.1 Å². The lowest BCUT2D eigenvalue weighted by atomic mass is 9.77. The van der Waals surface area contributed by atoms with Crippen LogP contribution >= 0.6 is 0 Å². The van der Waals surface area contributed by atoms with Crippen molar-refractivity contribution < 1.29 is 23.5 Å². The Balaban J connectivity index is 1.66. The summed E-state index contributed by atoms with van der Waals surface area (Å²) in [6.07, 6.45) is 0.880. The molecule has 2 aliphatic rings. The summed E-state index contributed by atoms with van der Waals surface area (Å²) in [4.78, 5) is 24.3. The Morgan fingerprint density at radius 3 is 2.83 bits per heavy atom. The van der Waals surface area contributed by atoms with Crippen molar-refractivity contribution in [3.63, 3.8) is 0 Å². The van der Waals surface area contributed by atoms with Crippen molar-refractivity contribution in [3.05, 3.63) is 29.6 Å². The highest BCUT2D eigenvalue weighted by atomic mass is 19.1. The highest BCUT2D eigenvalue weighted by Crippen LogP contribution is 2.40. The molecule has 7 heteroatoms. The topological polar surface area (TPSA) is 67.9 Å². The van der Waals surface area contributed by atoms with Gasteiger partial charge in [-0.15, -0.1) is 0 Å². The number of carbonyl (C=O) groups excluding carboxylic acids is 2. The third-order valence-electron chi connectivity index (χ3n) is 4.62. The Morgan fingerprint density at radius 2 is 2.21 bits per heavy atom. The molecule has 1 saturated carbocycles. The third-order valence-corrected chi connectivity index (χ3v) is 4.62. The van der Waals surface area contributed by atoms with Crippen LogP contribution in [0.5, 0.6) is 0 Å². The molecule has 1 N–H and O–H groups in total. The van der Waals surface area contributed by atoms with E-state index in [9.17, 15) is 14.0 Å². The Kier molecular flexibility index (Phi) is 4.71. The molecule has 3 rings (SSSR count). The van der Waals surface area contributed by atoms with Gasteiger partial charge in [-0.3, -0.25) is 9.69 Å². The number of hydrogen-bond acceptors (Lipinski definition) is 4. The molecule has 0 spiro atoms. The van der Waals surface area contributed by atoms with Crippen LogP contribution in [0.1, 0.15) is 31.2 Å². The van der Waals surface area contributed by atoms with Crippen LogP contribution in [-0.2, 0) is 14.3 Å². The molecule has 0 bridgehead atoms. The van der Waals surface area contributed by atoms with E-state index in [0.29, 0.717) is 11.3 Å². The SMILES string of the molecule is COC1CC(c2ccc(N3C[C@H](CNC(C)=O)OC3=O)cc2F)C1. The predicted molar refractivity (Wildman–Crippen MR) is 85.5 cm³/mol. The maximum atomic E-state index is 14.4. The van der Waals surface area contributed by atoms with Crippen LogP contribution in [0.3, 0.4) is 0 Å². The van der Waals surface area contributed by atoms with E-state index < -0.39 is 12.2 Å². The molecule has 1 saturated heterocycles. The molecule has 1 aromatic rings.